The van der Waals surface area contributed by atoms with Crippen molar-refractivity contribution in [1.29, 1.82) is 5.26 Å². The van der Waals surface area contributed by atoms with Crippen LogP contribution in [0.3, 0.4) is 0 Å². The molecular formula is C26H33N5O3. The fourth-order valence-corrected chi connectivity index (χ4v) is 4.52. The van der Waals surface area contributed by atoms with E-state index in [4.69, 9.17) is 10.00 Å². The van der Waals surface area contributed by atoms with Crippen LogP contribution >= 0.6 is 0 Å². The van der Waals surface area contributed by atoms with Crippen molar-refractivity contribution in [2.45, 2.75) is 44.4 Å². The Bertz CT molecular complexity index is 1010. The summed E-state index contributed by atoms with van der Waals surface area (Å²) in [5.41, 5.74) is 4.29. The highest BCUT2D eigenvalue weighted by Crippen LogP contribution is 2.36. The molecule has 1 aliphatic heterocycles. The van der Waals surface area contributed by atoms with Crippen LogP contribution in [0.5, 0.6) is 0 Å². The van der Waals surface area contributed by atoms with E-state index in [1.165, 1.54) is 36.9 Å². The number of likely N-dealkylation sites (tertiary alicyclic amines) is 1. The zero-order chi connectivity index (χ0) is 24.3. The molecule has 0 unspecified atom stereocenters. The van der Waals surface area contributed by atoms with Gasteiger partial charge in [0.25, 0.3) is 5.91 Å². The van der Waals surface area contributed by atoms with Gasteiger partial charge >= 0.3 is 0 Å². The molecule has 2 aliphatic rings. The number of allylic oxidation sites excluding steroid dienone is 3. The Morgan fingerprint density at radius 3 is 2.74 bits per heavy atom. The molecule has 0 radical (unpaired) electrons. The fraction of sp³-hybridized carbons (Fsp3) is 0.462. The Balaban J connectivity index is 1.80. The number of amides is 2. The summed E-state index contributed by atoms with van der Waals surface area (Å²) < 4.78 is 4.99. The third kappa shape index (κ3) is 6.55. The molecule has 2 amide bonds. The normalized spacial score (nSPS) is 17.3. The molecule has 1 aromatic rings. The molecule has 1 heterocycles. The summed E-state index contributed by atoms with van der Waals surface area (Å²) >= 11 is 0. The molecular weight excluding hydrogens is 430 g/mol. The number of nitrogens with zero attached hydrogens (tertiary/aromatic N) is 3. The van der Waals surface area contributed by atoms with Gasteiger partial charge < -0.3 is 20.3 Å². The van der Waals surface area contributed by atoms with E-state index >= 15 is 0 Å². The number of carbonyl (C=O) groups is 2. The second-order valence-electron chi connectivity index (χ2n) is 8.50. The number of carbonyl (C=O) groups excluding carboxylic acids is 2. The maximum atomic E-state index is 12.8. The predicted molar refractivity (Wildman–Crippen MR) is 133 cm³/mol. The van der Waals surface area contributed by atoms with Crippen molar-refractivity contribution in [2.24, 2.45) is 4.99 Å². The summed E-state index contributed by atoms with van der Waals surface area (Å²) in [7, 11) is 3.07. The molecule has 0 aromatic heterocycles. The first-order valence-corrected chi connectivity index (χ1v) is 11.8. The number of aliphatic imine (C=N–C) groups is 1. The number of hydrogen-bond acceptors (Lipinski definition) is 5. The zero-order valence-corrected chi connectivity index (χ0v) is 20.0. The van der Waals surface area contributed by atoms with Crippen LogP contribution < -0.4 is 10.6 Å². The van der Waals surface area contributed by atoms with Crippen LogP contribution in [-0.2, 0) is 14.3 Å². The predicted octanol–water partition coefficient (Wildman–Crippen LogP) is 3.59. The van der Waals surface area contributed by atoms with Crippen molar-refractivity contribution in [3.8, 4) is 6.07 Å². The Labute approximate surface area is 201 Å². The first-order chi connectivity index (χ1) is 16.6. The maximum absolute atomic E-state index is 12.8. The van der Waals surface area contributed by atoms with E-state index in [2.05, 4.69) is 33.8 Å². The molecule has 1 saturated heterocycles. The van der Waals surface area contributed by atoms with Crippen LogP contribution in [0.25, 0.3) is 5.57 Å². The Morgan fingerprint density at radius 1 is 1.29 bits per heavy atom. The van der Waals surface area contributed by atoms with E-state index in [0.29, 0.717) is 5.92 Å². The molecule has 1 aromatic carbocycles. The summed E-state index contributed by atoms with van der Waals surface area (Å²) in [6.07, 6.45) is 11.0. The topological polar surface area (TPSA) is 107 Å². The van der Waals surface area contributed by atoms with Gasteiger partial charge in [0.15, 0.2) is 5.84 Å². The van der Waals surface area contributed by atoms with Crippen LogP contribution in [0.15, 0.2) is 41.5 Å². The summed E-state index contributed by atoms with van der Waals surface area (Å²) in [5.74, 6) is 0.177. The van der Waals surface area contributed by atoms with Gasteiger partial charge in [-0.3, -0.25) is 14.6 Å². The monoisotopic (exact) mass is 463 g/mol. The smallest absolute Gasteiger partial charge is 0.291 e. The molecule has 1 aliphatic carbocycles. The standard InChI is InChI=1S/C26H33N5O3/c1-28-25(29-14-6-13-27)26(33)30-23-10-9-21(17-22(23)20-7-4-3-5-8-20)19-11-15-31(16-12-19)24(32)18-34-2/h6-7,9-10,14,17,19H,3-5,8,11-12,15-16,18H2,1-2H3,(H,28,29)(H,30,33)/b14-6+. The number of amidine groups is 1. The number of nitrogens with one attached hydrogen (secondary N) is 2. The average Bonchev–Trinajstić information content (AvgIpc) is 2.87. The SMILES string of the molecule is CN=C(N/C=C/C#N)C(=O)Nc1ccc(C2CCN(C(=O)COC)CC2)cc1C1=CCCCC1. The summed E-state index contributed by atoms with van der Waals surface area (Å²) in [5, 5.41) is 14.4. The third-order valence-corrected chi connectivity index (χ3v) is 6.33. The molecule has 3 rings (SSSR count). The van der Waals surface area contributed by atoms with Crippen molar-refractivity contribution in [2.75, 3.05) is 39.2 Å². The lowest BCUT2D eigenvalue weighted by molar-refractivity contribution is -0.136. The molecule has 2 N–H and O–H groups in total. The summed E-state index contributed by atoms with van der Waals surface area (Å²) in [6, 6.07) is 8.13. The third-order valence-electron chi connectivity index (χ3n) is 6.33. The van der Waals surface area contributed by atoms with E-state index < -0.39 is 0 Å². The van der Waals surface area contributed by atoms with Gasteiger partial charge in [0.2, 0.25) is 5.91 Å². The van der Waals surface area contributed by atoms with E-state index in [1.807, 2.05) is 17.0 Å². The largest absolute Gasteiger partial charge is 0.375 e. The fourth-order valence-electron chi connectivity index (χ4n) is 4.52. The van der Waals surface area contributed by atoms with E-state index in [-0.39, 0.29) is 24.3 Å². The van der Waals surface area contributed by atoms with Crippen LogP contribution in [0.2, 0.25) is 0 Å². The highest BCUT2D eigenvalue weighted by Gasteiger charge is 2.25. The summed E-state index contributed by atoms with van der Waals surface area (Å²) in [6.45, 7) is 1.57. The maximum Gasteiger partial charge on any atom is 0.291 e. The lowest BCUT2D eigenvalue weighted by Gasteiger charge is -2.32. The number of ether oxygens (including phenoxy) is 1. The van der Waals surface area contributed by atoms with Gasteiger partial charge in [-0.05, 0) is 67.7 Å². The van der Waals surface area contributed by atoms with E-state index in [1.54, 1.807) is 7.11 Å². The minimum atomic E-state index is -0.361. The van der Waals surface area contributed by atoms with Gasteiger partial charge in [0.1, 0.15) is 6.61 Å². The van der Waals surface area contributed by atoms with Gasteiger partial charge in [0.05, 0.1) is 6.07 Å². The molecule has 8 heteroatoms. The van der Waals surface area contributed by atoms with Crippen LogP contribution in [0.4, 0.5) is 5.69 Å². The number of piperidine rings is 1. The Kier molecular flexibility index (Phi) is 9.41. The van der Waals surface area contributed by atoms with Crippen molar-refractivity contribution < 1.29 is 14.3 Å². The van der Waals surface area contributed by atoms with Gasteiger partial charge in [0, 0.05) is 50.8 Å². The Morgan fingerprint density at radius 2 is 2.09 bits per heavy atom. The van der Waals surface area contributed by atoms with Crippen molar-refractivity contribution in [1.82, 2.24) is 10.2 Å². The molecule has 8 nitrogen and oxygen atoms in total. The van der Waals surface area contributed by atoms with Gasteiger partial charge in [-0.25, -0.2) is 0 Å². The highest BCUT2D eigenvalue weighted by molar-refractivity contribution is 6.42. The first kappa shape index (κ1) is 25.2. The van der Waals surface area contributed by atoms with E-state index in [0.717, 1.165) is 56.4 Å². The second-order valence-corrected chi connectivity index (χ2v) is 8.50. The molecule has 0 spiro atoms. The van der Waals surface area contributed by atoms with E-state index in [9.17, 15) is 9.59 Å². The number of benzene rings is 1. The minimum Gasteiger partial charge on any atom is -0.375 e. The molecule has 1 fully saturated rings. The molecule has 0 bridgehead atoms. The lowest BCUT2D eigenvalue weighted by atomic mass is 9.85. The number of methoxy groups -OCH3 is 1. The average molecular weight is 464 g/mol. The molecule has 34 heavy (non-hydrogen) atoms. The summed E-state index contributed by atoms with van der Waals surface area (Å²) in [4.78, 5) is 30.8. The Hall–Kier alpha value is -3.44. The lowest BCUT2D eigenvalue weighted by Crippen LogP contribution is -2.39. The van der Waals surface area contributed by atoms with Crippen molar-refractivity contribution in [3.63, 3.8) is 0 Å². The highest BCUT2D eigenvalue weighted by atomic mass is 16.5. The van der Waals surface area contributed by atoms with Crippen LogP contribution in [0.1, 0.15) is 55.6 Å². The van der Waals surface area contributed by atoms with Gasteiger partial charge in [-0.2, -0.15) is 5.26 Å². The molecule has 0 saturated carbocycles. The number of rotatable bonds is 6. The second kappa shape index (κ2) is 12.7. The van der Waals surface area contributed by atoms with Gasteiger partial charge in [-0.15, -0.1) is 0 Å². The first-order valence-electron chi connectivity index (χ1n) is 11.8. The van der Waals surface area contributed by atoms with Crippen LogP contribution in [-0.4, -0.2) is 56.4 Å². The van der Waals surface area contributed by atoms with Crippen molar-refractivity contribution >= 4 is 28.9 Å². The number of nitriles is 1. The number of hydrogen-bond donors (Lipinski definition) is 2. The van der Waals surface area contributed by atoms with Crippen LogP contribution in [0, 0.1) is 11.3 Å². The molecule has 180 valence electrons. The minimum absolute atomic E-state index is 0.0404. The molecule has 0 atom stereocenters. The number of anilines is 1. The van der Waals surface area contributed by atoms with Crippen molar-refractivity contribution in [3.05, 3.63) is 47.7 Å². The van der Waals surface area contributed by atoms with Gasteiger partial charge in [-0.1, -0.05) is 12.1 Å². The zero-order valence-electron chi connectivity index (χ0n) is 20.0. The quantitative estimate of drug-likeness (QED) is 0.381.